The molecule has 0 aromatic heterocycles. The van der Waals surface area contributed by atoms with Gasteiger partial charge in [0.1, 0.15) is 5.71 Å². The summed E-state index contributed by atoms with van der Waals surface area (Å²) in [5, 5.41) is 13.2. The fourth-order valence-electron chi connectivity index (χ4n) is 2.24. The smallest absolute Gasteiger partial charge is 0.287 e. The predicted octanol–water partition coefficient (Wildman–Crippen LogP) is 3.23. The van der Waals surface area contributed by atoms with Crippen molar-refractivity contribution in [1.82, 2.24) is 5.01 Å². The lowest BCUT2D eigenvalue weighted by Crippen LogP contribution is -2.51. The molecule has 0 fully saturated rings. The molecule has 0 aliphatic carbocycles. The molecule has 4 nitrogen and oxygen atoms in total. The van der Waals surface area contributed by atoms with Gasteiger partial charge in [0.2, 0.25) is 5.72 Å². The molecule has 2 rings (SSSR count). The largest absolute Gasteiger partial charge is 0.364 e. The van der Waals surface area contributed by atoms with Crippen molar-refractivity contribution in [3.05, 3.63) is 35.4 Å². The monoisotopic (exact) mass is 332 g/mol. The number of benzene rings is 1. The zero-order valence-corrected chi connectivity index (χ0v) is 12.5. The van der Waals surface area contributed by atoms with Crippen LogP contribution in [-0.2, 0) is 0 Å². The predicted molar refractivity (Wildman–Crippen MR) is 75.7 cm³/mol. The molecule has 0 saturated heterocycles. The van der Waals surface area contributed by atoms with Crippen molar-refractivity contribution >= 4 is 11.6 Å². The van der Waals surface area contributed by atoms with Gasteiger partial charge >= 0.3 is 0 Å². The second-order valence-corrected chi connectivity index (χ2v) is 5.64. The summed E-state index contributed by atoms with van der Waals surface area (Å²) < 4.78 is 51.6. The number of carbonyl (C=O) groups is 1. The highest BCUT2D eigenvalue weighted by atomic mass is 19.3. The number of hydrogen-bond donors (Lipinski definition) is 1. The average molecular weight is 332 g/mol. The first-order valence-electron chi connectivity index (χ1n) is 6.97. The highest BCUT2D eigenvalue weighted by Crippen LogP contribution is 2.34. The van der Waals surface area contributed by atoms with Crippen molar-refractivity contribution in [3.8, 4) is 0 Å². The van der Waals surface area contributed by atoms with Crippen LogP contribution in [0.25, 0.3) is 0 Å². The number of alkyl halides is 4. The van der Waals surface area contributed by atoms with Crippen LogP contribution in [0.3, 0.4) is 0 Å². The van der Waals surface area contributed by atoms with Gasteiger partial charge in [0.05, 0.1) is 0 Å². The van der Waals surface area contributed by atoms with Gasteiger partial charge < -0.3 is 5.11 Å². The normalized spacial score (nSPS) is 21.5. The lowest BCUT2D eigenvalue weighted by Gasteiger charge is -2.30. The van der Waals surface area contributed by atoms with Gasteiger partial charge in [-0.1, -0.05) is 26.0 Å². The third-order valence-electron chi connectivity index (χ3n) is 3.65. The maximum Gasteiger partial charge on any atom is 0.287 e. The van der Waals surface area contributed by atoms with Crippen LogP contribution in [0.1, 0.15) is 42.1 Å². The molecule has 0 bridgehead atoms. The summed E-state index contributed by atoms with van der Waals surface area (Å²) in [5.74, 6) is -0.855. The lowest BCUT2D eigenvalue weighted by atomic mass is 10.0. The topological polar surface area (TPSA) is 52.9 Å². The van der Waals surface area contributed by atoms with Crippen LogP contribution in [0.4, 0.5) is 17.6 Å². The van der Waals surface area contributed by atoms with Gasteiger partial charge in [0.15, 0.2) is 0 Å². The van der Waals surface area contributed by atoms with E-state index in [1.807, 2.05) is 13.8 Å². The molecule has 126 valence electrons. The van der Waals surface area contributed by atoms with E-state index >= 15 is 0 Å². The summed E-state index contributed by atoms with van der Waals surface area (Å²) >= 11 is 0. The molecule has 0 saturated carbocycles. The highest BCUT2D eigenvalue weighted by Gasteiger charge is 2.53. The fourth-order valence-corrected chi connectivity index (χ4v) is 2.24. The minimum absolute atomic E-state index is 0.0206. The molecule has 1 aromatic rings. The maximum absolute atomic E-state index is 13.1. The van der Waals surface area contributed by atoms with Gasteiger partial charge in [-0.15, -0.1) is 0 Å². The fraction of sp³-hybridized carbons (Fsp3) is 0.467. The molecule has 1 aromatic carbocycles. The Balaban J connectivity index is 2.34. The first-order chi connectivity index (χ1) is 10.7. The number of nitrogens with zero attached hydrogens (tertiary/aromatic N) is 2. The molecular formula is C15H16F4N2O2. The summed E-state index contributed by atoms with van der Waals surface area (Å²) in [5.41, 5.74) is -3.10. The van der Waals surface area contributed by atoms with Crippen LogP contribution >= 0.6 is 0 Å². The van der Waals surface area contributed by atoms with Gasteiger partial charge in [0.25, 0.3) is 18.8 Å². The quantitative estimate of drug-likeness (QED) is 0.861. The van der Waals surface area contributed by atoms with Gasteiger partial charge in [-0.3, -0.25) is 4.79 Å². The average Bonchev–Trinajstić information content (AvgIpc) is 2.86. The van der Waals surface area contributed by atoms with Crippen LogP contribution in [0.5, 0.6) is 0 Å². The third kappa shape index (κ3) is 3.21. The Hall–Kier alpha value is -1.96. The molecular weight excluding hydrogens is 316 g/mol. The minimum Gasteiger partial charge on any atom is -0.364 e. The molecule has 23 heavy (non-hydrogen) atoms. The van der Waals surface area contributed by atoms with Crippen molar-refractivity contribution in [3.63, 3.8) is 0 Å². The molecule has 0 unspecified atom stereocenters. The second-order valence-electron chi connectivity index (χ2n) is 5.64. The van der Waals surface area contributed by atoms with Crippen LogP contribution in [0.15, 0.2) is 29.4 Å². The molecule has 0 spiro atoms. The molecule has 1 N–H and O–H groups in total. The summed E-state index contributed by atoms with van der Waals surface area (Å²) in [7, 11) is 0. The number of hydrazone groups is 1. The Morgan fingerprint density at radius 1 is 1.22 bits per heavy atom. The number of carbonyl (C=O) groups excluding carboxylic acids is 1. The van der Waals surface area contributed by atoms with Gasteiger partial charge in [-0.2, -0.15) is 10.1 Å². The van der Waals surface area contributed by atoms with E-state index in [2.05, 4.69) is 5.10 Å². The summed E-state index contributed by atoms with van der Waals surface area (Å²) in [4.78, 5) is 12.3. The molecule has 1 heterocycles. The first-order valence-corrected chi connectivity index (χ1v) is 6.97. The number of rotatable bonds is 4. The van der Waals surface area contributed by atoms with Gasteiger partial charge in [-0.05, 0) is 23.6 Å². The summed E-state index contributed by atoms with van der Waals surface area (Å²) in [6.45, 7) is 3.87. The van der Waals surface area contributed by atoms with E-state index in [1.54, 1.807) is 12.1 Å². The van der Waals surface area contributed by atoms with Gasteiger partial charge in [0, 0.05) is 12.0 Å². The first kappa shape index (κ1) is 17.4. The summed E-state index contributed by atoms with van der Waals surface area (Å²) in [6.07, 6.45) is -7.64. The molecule has 0 radical (unpaired) electrons. The molecule has 1 amide bonds. The molecule has 8 heteroatoms. The van der Waals surface area contributed by atoms with Crippen LogP contribution in [-0.4, -0.2) is 40.3 Å². The van der Waals surface area contributed by atoms with Crippen molar-refractivity contribution in [2.24, 2.45) is 5.10 Å². The SMILES string of the molecule is CC(C)c1ccc(C(=O)N2N=C(C(F)F)C[C@@]2(O)C(F)F)cc1. The van der Waals surface area contributed by atoms with Crippen LogP contribution in [0.2, 0.25) is 0 Å². The van der Waals surface area contributed by atoms with E-state index in [9.17, 15) is 27.5 Å². The van der Waals surface area contributed by atoms with E-state index in [-0.39, 0.29) is 16.5 Å². The Kier molecular flexibility index (Phi) is 4.74. The van der Waals surface area contributed by atoms with Crippen molar-refractivity contribution in [1.29, 1.82) is 0 Å². The van der Waals surface area contributed by atoms with E-state index < -0.39 is 36.6 Å². The number of aliphatic hydroxyl groups is 1. The summed E-state index contributed by atoms with van der Waals surface area (Å²) in [6, 6.07) is 6.04. The Morgan fingerprint density at radius 2 is 1.78 bits per heavy atom. The zero-order valence-electron chi connectivity index (χ0n) is 12.5. The highest BCUT2D eigenvalue weighted by molar-refractivity contribution is 5.99. The van der Waals surface area contributed by atoms with Crippen molar-refractivity contribution in [2.45, 2.75) is 44.8 Å². The van der Waals surface area contributed by atoms with E-state index in [1.165, 1.54) is 12.1 Å². The van der Waals surface area contributed by atoms with Crippen LogP contribution in [0, 0.1) is 0 Å². The number of hydrogen-bond acceptors (Lipinski definition) is 3. The van der Waals surface area contributed by atoms with Crippen molar-refractivity contribution in [2.75, 3.05) is 0 Å². The van der Waals surface area contributed by atoms with E-state index in [4.69, 9.17) is 0 Å². The maximum atomic E-state index is 13.1. The third-order valence-corrected chi connectivity index (χ3v) is 3.65. The van der Waals surface area contributed by atoms with E-state index in [0.29, 0.717) is 0 Å². The second kappa shape index (κ2) is 6.27. The van der Waals surface area contributed by atoms with E-state index in [0.717, 1.165) is 5.56 Å². The Labute approximate surface area is 130 Å². The number of amides is 1. The Bertz CT molecular complexity index is 616. The van der Waals surface area contributed by atoms with Gasteiger partial charge in [-0.25, -0.2) is 17.6 Å². The standard InChI is InChI=1S/C15H16F4N2O2/c1-8(2)9-3-5-10(6-4-9)13(22)21-15(23,14(18)19)7-11(20-21)12(16)17/h3-6,8,12,14,23H,7H2,1-2H3/t15-/m1/s1. The Morgan fingerprint density at radius 3 is 2.22 bits per heavy atom. The molecule has 1 aliphatic heterocycles. The molecule has 1 atom stereocenters. The van der Waals surface area contributed by atoms with Crippen LogP contribution < -0.4 is 0 Å². The number of halogens is 4. The minimum atomic E-state index is -3.43. The van der Waals surface area contributed by atoms with Crippen molar-refractivity contribution < 1.29 is 27.5 Å². The molecule has 1 aliphatic rings. The lowest BCUT2D eigenvalue weighted by molar-refractivity contribution is -0.164. The zero-order chi connectivity index (χ0) is 17.4.